The largest absolute Gasteiger partial charge is 0.490 e. The highest BCUT2D eigenvalue weighted by atomic mass is 16.5. The van der Waals surface area contributed by atoms with Crippen LogP contribution in [0.2, 0.25) is 0 Å². The van der Waals surface area contributed by atoms with E-state index < -0.39 is 0 Å². The highest BCUT2D eigenvalue weighted by molar-refractivity contribution is 5.44. The molecule has 0 heterocycles. The molecule has 0 saturated heterocycles. The summed E-state index contributed by atoms with van der Waals surface area (Å²) in [6.45, 7) is 5.76. The lowest BCUT2D eigenvalue weighted by Gasteiger charge is -2.18. The van der Waals surface area contributed by atoms with Crippen LogP contribution in [0.1, 0.15) is 31.9 Å². The Hall–Kier alpha value is -1.30. The van der Waals surface area contributed by atoms with Crippen LogP contribution in [0.15, 0.2) is 18.2 Å². The van der Waals surface area contributed by atoms with Gasteiger partial charge < -0.3 is 14.2 Å². The molecule has 0 saturated carbocycles. The number of ether oxygens (including phenoxy) is 3. The number of hydrogen-bond donors (Lipinski definition) is 2. The van der Waals surface area contributed by atoms with E-state index in [-0.39, 0.29) is 6.04 Å². The predicted molar refractivity (Wildman–Crippen MR) is 75.3 cm³/mol. The summed E-state index contributed by atoms with van der Waals surface area (Å²) in [5.41, 5.74) is 3.86. The summed E-state index contributed by atoms with van der Waals surface area (Å²) >= 11 is 0. The van der Waals surface area contributed by atoms with Crippen molar-refractivity contribution < 1.29 is 14.2 Å². The maximum absolute atomic E-state index is 5.60. The fourth-order valence-electron chi connectivity index (χ4n) is 1.87. The lowest BCUT2D eigenvalue weighted by atomic mass is 10.0. The average Bonchev–Trinajstić information content (AvgIpc) is 2.43. The van der Waals surface area contributed by atoms with Crippen molar-refractivity contribution in [2.75, 3.05) is 26.9 Å². The molecule has 5 heteroatoms. The Labute approximate surface area is 115 Å². The molecule has 0 spiro atoms. The fraction of sp³-hybridized carbons (Fsp3) is 0.571. The Morgan fingerprint density at radius 3 is 2.42 bits per heavy atom. The lowest BCUT2D eigenvalue weighted by molar-refractivity contribution is 0.183. The van der Waals surface area contributed by atoms with Crippen LogP contribution >= 0.6 is 0 Å². The van der Waals surface area contributed by atoms with E-state index in [1.165, 1.54) is 0 Å². The van der Waals surface area contributed by atoms with Gasteiger partial charge in [-0.3, -0.25) is 11.3 Å². The average molecular weight is 268 g/mol. The molecule has 1 aromatic rings. The van der Waals surface area contributed by atoms with Gasteiger partial charge >= 0.3 is 0 Å². The molecular formula is C14H24N2O3. The van der Waals surface area contributed by atoms with Gasteiger partial charge in [-0.2, -0.15) is 0 Å². The first-order valence-electron chi connectivity index (χ1n) is 6.61. The normalized spacial score (nSPS) is 12.2. The number of nitrogens with two attached hydrogens (primary N) is 1. The molecule has 0 amide bonds. The van der Waals surface area contributed by atoms with Crippen LogP contribution in [0.4, 0.5) is 0 Å². The standard InChI is InChI=1S/C14H24N2O3/c1-4-18-13-7-6-11(10-14(13)19-5-2)12(16-15)8-9-17-3/h6-7,10,12,16H,4-5,8-9,15H2,1-3H3. The van der Waals surface area contributed by atoms with Crippen molar-refractivity contribution in [3.05, 3.63) is 23.8 Å². The molecule has 0 fully saturated rings. The minimum absolute atomic E-state index is 0.0369. The minimum atomic E-state index is 0.0369. The van der Waals surface area contributed by atoms with E-state index in [2.05, 4.69) is 5.43 Å². The van der Waals surface area contributed by atoms with E-state index in [0.717, 1.165) is 23.5 Å². The van der Waals surface area contributed by atoms with Crippen LogP contribution in [0.5, 0.6) is 11.5 Å². The molecule has 1 rings (SSSR count). The lowest BCUT2D eigenvalue weighted by Crippen LogP contribution is -2.28. The Balaban J connectivity index is 2.91. The zero-order valence-electron chi connectivity index (χ0n) is 11.9. The second-order valence-corrected chi connectivity index (χ2v) is 4.07. The molecule has 0 aliphatic heterocycles. The summed E-state index contributed by atoms with van der Waals surface area (Å²) in [6.07, 6.45) is 0.798. The number of methoxy groups -OCH3 is 1. The van der Waals surface area contributed by atoms with Crippen LogP contribution in [0, 0.1) is 0 Å². The number of hydrogen-bond acceptors (Lipinski definition) is 5. The summed E-state index contributed by atoms with van der Waals surface area (Å²) in [4.78, 5) is 0. The maximum Gasteiger partial charge on any atom is 0.161 e. The third kappa shape index (κ3) is 4.70. The van der Waals surface area contributed by atoms with E-state index in [0.29, 0.717) is 19.8 Å². The number of hydrazine groups is 1. The fourth-order valence-corrected chi connectivity index (χ4v) is 1.87. The van der Waals surface area contributed by atoms with Crippen molar-refractivity contribution in [3.8, 4) is 11.5 Å². The number of benzene rings is 1. The first kappa shape index (κ1) is 15.8. The van der Waals surface area contributed by atoms with Crippen molar-refractivity contribution in [1.29, 1.82) is 0 Å². The Bertz CT molecular complexity index is 372. The van der Waals surface area contributed by atoms with Gasteiger partial charge in [-0.25, -0.2) is 0 Å². The third-order valence-electron chi connectivity index (χ3n) is 2.78. The maximum atomic E-state index is 5.60. The predicted octanol–water partition coefficient (Wildman–Crippen LogP) is 2.02. The highest BCUT2D eigenvalue weighted by Crippen LogP contribution is 2.31. The summed E-state index contributed by atoms with van der Waals surface area (Å²) in [6, 6.07) is 5.92. The molecule has 0 aromatic heterocycles. The first-order chi connectivity index (χ1) is 9.26. The molecule has 0 radical (unpaired) electrons. The van der Waals surface area contributed by atoms with Gasteiger partial charge in [0.1, 0.15) is 0 Å². The van der Waals surface area contributed by atoms with Gasteiger partial charge in [0.25, 0.3) is 0 Å². The van der Waals surface area contributed by atoms with E-state index in [1.807, 2.05) is 32.0 Å². The van der Waals surface area contributed by atoms with Crippen LogP contribution in [0.3, 0.4) is 0 Å². The van der Waals surface area contributed by atoms with Crippen molar-refractivity contribution in [2.24, 2.45) is 5.84 Å². The Morgan fingerprint density at radius 1 is 1.16 bits per heavy atom. The van der Waals surface area contributed by atoms with Gasteiger partial charge in [0.15, 0.2) is 11.5 Å². The van der Waals surface area contributed by atoms with Crippen molar-refractivity contribution in [1.82, 2.24) is 5.43 Å². The molecule has 0 aliphatic rings. The summed E-state index contributed by atoms with van der Waals surface area (Å²) in [7, 11) is 1.68. The molecule has 0 bridgehead atoms. The molecule has 19 heavy (non-hydrogen) atoms. The van der Waals surface area contributed by atoms with Crippen LogP contribution in [-0.4, -0.2) is 26.9 Å². The van der Waals surface area contributed by atoms with Gasteiger partial charge in [-0.05, 0) is 38.0 Å². The number of rotatable bonds is 9. The molecule has 0 aliphatic carbocycles. The highest BCUT2D eigenvalue weighted by Gasteiger charge is 2.13. The molecule has 108 valence electrons. The first-order valence-corrected chi connectivity index (χ1v) is 6.61. The van der Waals surface area contributed by atoms with Gasteiger partial charge in [0.2, 0.25) is 0 Å². The van der Waals surface area contributed by atoms with E-state index in [9.17, 15) is 0 Å². The summed E-state index contributed by atoms with van der Waals surface area (Å²) < 4.78 is 16.2. The molecule has 1 atom stereocenters. The van der Waals surface area contributed by atoms with E-state index in [1.54, 1.807) is 7.11 Å². The molecule has 1 unspecified atom stereocenters. The van der Waals surface area contributed by atoms with Gasteiger partial charge in [-0.15, -0.1) is 0 Å². The molecule has 1 aromatic carbocycles. The molecule has 5 nitrogen and oxygen atoms in total. The van der Waals surface area contributed by atoms with Crippen molar-refractivity contribution >= 4 is 0 Å². The monoisotopic (exact) mass is 268 g/mol. The smallest absolute Gasteiger partial charge is 0.161 e. The van der Waals surface area contributed by atoms with Crippen LogP contribution in [-0.2, 0) is 4.74 Å². The second kappa shape index (κ2) is 8.74. The molecular weight excluding hydrogens is 244 g/mol. The van der Waals surface area contributed by atoms with Crippen LogP contribution in [0.25, 0.3) is 0 Å². The Morgan fingerprint density at radius 2 is 1.84 bits per heavy atom. The quantitative estimate of drug-likeness (QED) is 0.530. The zero-order chi connectivity index (χ0) is 14.1. The minimum Gasteiger partial charge on any atom is -0.490 e. The molecule has 3 N–H and O–H groups in total. The second-order valence-electron chi connectivity index (χ2n) is 4.07. The number of nitrogens with one attached hydrogen (secondary N) is 1. The van der Waals surface area contributed by atoms with Gasteiger partial charge in [0, 0.05) is 19.8 Å². The van der Waals surface area contributed by atoms with Gasteiger partial charge in [-0.1, -0.05) is 6.07 Å². The SMILES string of the molecule is CCOc1ccc(C(CCOC)NN)cc1OCC. The van der Waals surface area contributed by atoms with E-state index >= 15 is 0 Å². The third-order valence-corrected chi connectivity index (χ3v) is 2.78. The van der Waals surface area contributed by atoms with Gasteiger partial charge in [0.05, 0.1) is 13.2 Å². The summed E-state index contributed by atoms with van der Waals surface area (Å²) in [5, 5.41) is 0. The Kier molecular flexibility index (Phi) is 7.25. The van der Waals surface area contributed by atoms with Crippen molar-refractivity contribution in [3.63, 3.8) is 0 Å². The van der Waals surface area contributed by atoms with Crippen LogP contribution < -0.4 is 20.7 Å². The topological polar surface area (TPSA) is 65.7 Å². The van der Waals surface area contributed by atoms with E-state index in [4.69, 9.17) is 20.1 Å². The zero-order valence-corrected chi connectivity index (χ0v) is 11.9. The summed E-state index contributed by atoms with van der Waals surface area (Å²) in [5.74, 6) is 7.10. The van der Waals surface area contributed by atoms with Crippen molar-refractivity contribution in [2.45, 2.75) is 26.3 Å².